The van der Waals surface area contributed by atoms with Crippen molar-refractivity contribution in [3.63, 3.8) is 0 Å². The molecule has 0 heterocycles. The van der Waals surface area contributed by atoms with Crippen LogP contribution >= 0.6 is 0 Å². The van der Waals surface area contributed by atoms with Gasteiger partial charge in [0.1, 0.15) is 11.4 Å². The summed E-state index contributed by atoms with van der Waals surface area (Å²) in [5.74, 6) is -0.315. The standard InChI is InChI=1S/C16H24FNO3S/c1-12(2)22(19,20)18-15-6-4-5-11-16(15,21-3)13-7-9-14(17)10-8-13/h7-10,12,15,18H,4-6,11H2,1-3H3. The minimum atomic E-state index is -3.40. The van der Waals surface area contributed by atoms with Gasteiger partial charge >= 0.3 is 0 Å². The largest absolute Gasteiger partial charge is 0.372 e. The van der Waals surface area contributed by atoms with Crippen molar-refractivity contribution >= 4 is 10.0 Å². The molecule has 1 aromatic carbocycles. The van der Waals surface area contributed by atoms with Crippen LogP contribution in [0.5, 0.6) is 0 Å². The number of methoxy groups -OCH3 is 1. The van der Waals surface area contributed by atoms with Crippen molar-refractivity contribution in [2.45, 2.75) is 56.4 Å². The lowest BCUT2D eigenvalue weighted by Crippen LogP contribution is -2.54. The van der Waals surface area contributed by atoms with Crippen LogP contribution in [0.25, 0.3) is 0 Å². The van der Waals surface area contributed by atoms with Gasteiger partial charge in [0, 0.05) is 7.11 Å². The van der Waals surface area contributed by atoms with E-state index in [9.17, 15) is 12.8 Å². The maximum Gasteiger partial charge on any atom is 0.214 e. The number of benzene rings is 1. The van der Waals surface area contributed by atoms with Crippen molar-refractivity contribution in [3.8, 4) is 0 Å². The lowest BCUT2D eigenvalue weighted by molar-refractivity contribution is -0.0643. The number of sulfonamides is 1. The van der Waals surface area contributed by atoms with Gasteiger partial charge in [-0.25, -0.2) is 17.5 Å². The van der Waals surface area contributed by atoms with E-state index in [1.807, 2.05) is 0 Å². The molecule has 0 aromatic heterocycles. The van der Waals surface area contributed by atoms with E-state index in [1.54, 1.807) is 33.1 Å². The molecular weight excluding hydrogens is 305 g/mol. The Morgan fingerprint density at radius 2 is 1.91 bits per heavy atom. The Hall–Kier alpha value is -0.980. The molecule has 1 aliphatic carbocycles. The molecule has 2 unspecified atom stereocenters. The number of hydrogen-bond acceptors (Lipinski definition) is 3. The second kappa shape index (κ2) is 6.64. The molecule has 1 fully saturated rings. The minimum Gasteiger partial charge on any atom is -0.372 e. The zero-order chi connectivity index (χ0) is 16.4. The van der Waals surface area contributed by atoms with Gasteiger partial charge in [0.2, 0.25) is 10.0 Å². The molecule has 0 bridgehead atoms. The van der Waals surface area contributed by atoms with Crippen LogP contribution in [0.1, 0.15) is 45.1 Å². The van der Waals surface area contributed by atoms with Crippen LogP contribution in [0.15, 0.2) is 24.3 Å². The number of nitrogens with one attached hydrogen (secondary N) is 1. The highest BCUT2D eigenvalue weighted by Gasteiger charge is 2.44. The first kappa shape index (κ1) is 17.4. The van der Waals surface area contributed by atoms with Crippen LogP contribution in [0, 0.1) is 5.82 Å². The van der Waals surface area contributed by atoms with Crippen LogP contribution < -0.4 is 4.72 Å². The molecule has 1 N–H and O–H groups in total. The molecule has 0 saturated heterocycles. The number of ether oxygens (including phenoxy) is 1. The highest BCUT2D eigenvalue weighted by molar-refractivity contribution is 7.90. The molecule has 0 spiro atoms. The van der Waals surface area contributed by atoms with E-state index in [1.165, 1.54) is 12.1 Å². The molecule has 1 aromatic rings. The predicted molar refractivity (Wildman–Crippen MR) is 84.5 cm³/mol. The van der Waals surface area contributed by atoms with E-state index in [0.29, 0.717) is 12.8 Å². The minimum absolute atomic E-state index is 0.315. The topological polar surface area (TPSA) is 55.4 Å². The fourth-order valence-corrected chi connectivity index (χ4v) is 4.05. The Labute approximate surface area is 132 Å². The molecule has 2 rings (SSSR count). The molecular formula is C16H24FNO3S. The molecule has 0 radical (unpaired) electrons. The van der Waals surface area contributed by atoms with Crippen LogP contribution in [-0.4, -0.2) is 26.8 Å². The van der Waals surface area contributed by atoms with E-state index in [4.69, 9.17) is 4.74 Å². The lowest BCUT2D eigenvalue weighted by Gasteiger charge is -2.43. The van der Waals surface area contributed by atoms with Crippen LogP contribution in [0.4, 0.5) is 4.39 Å². The van der Waals surface area contributed by atoms with E-state index in [0.717, 1.165) is 18.4 Å². The van der Waals surface area contributed by atoms with Gasteiger partial charge in [0.05, 0.1) is 11.3 Å². The molecule has 0 amide bonds. The Balaban J connectivity index is 2.39. The quantitative estimate of drug-likeness (QED) is 0.903. The summed E-state index contributed by atoms with van der Waals surface area (Å²) in [5, 5.41) is -0.503. The monoisotopic (exact) mass is 329 g/mol. The van der Waals surface area contributed by atoms with Crippen LogP contribution in [0.3, 0.4) is 0 Å². The second-order valence-corrected chi connectivity index (χ2v) is 8.38. The van der Waals surface area contributed by atoms with Gasteiger partial charge in [-0.2, -0.15) is 0 Å². The van der Waals surface area contributed by atoms with Gasteiger partial charge in [-0.1, -0.05) is 25.0 Å². The molecule has 1 saturated carbocycles. The van der Waals surface area contributed by atoms with Gasteiger partial charge in [-0.05, 0) is 44.4 Å². The van der Waals surface area contributed by atoms with Gasteiger partial charge in [0.15, 0.2) is 0 Å². The van der Waals surface area contributed by atoms with Crippen molar-refractivity contribution in [3.05, 3.63) is 35.6 Å². The fourth-order valence-electron chi connectivity index (χ4n) is 3.07. The Morgan fingerprint density at radius 1 is 1.27 bits per heavy atom. The first-order valence-corrected chi connectivity index (χ1v) is 9.19. The molecule has 6 heteroatoms. The number of halogens is 1. The van der Waals surface area contributed by atoms with Crippen LogP contribution in [0.2, 0.25) is 0 Å². The number of rotatable bonds is 5. The summed E-state index contributed by atoms with van der Waals surface area (Å²) < 4.78 is 46.3. The average molecular weight is 329 g/mol. The second-order valence-electron chi connectivity index (χ2n) is 6.11. The summed E-state index contributed by atoms with van der Waals surface area (Å²) >= 11 is 0. The summed E-state index contributed by atoms with van der Waals surface area (Å²) in [4.78, 5) is 0. The van der Waals surface area contributed by atoms with Crippen molar-refractivity contribution in [2.24, 2.45) is 0 Å². The highest BCUT2D eigenvalue weighted by Crippen LogP contribution is 2.40. The summed E-state index contributed by atoms with van der Waals surface area (Å²) in [5.41, 5.74) is 0.0704. The Morgan fingerprint density at radius 3 is 2.45 bits per heavy atom. The van der Waals surface area contributed by atoms with E-state index < -0.39 is 20.9 Å². The van der Waals surface area contributed by atoms with Gasteiger partial charge in [0.25, 0.3) is 0 Å². The first-order valence-electron chi connectivity index (χ1n) is 7.64. The lowest BCUT2D eigenvalue weighted by atomic mass is 9.76. The first-order chi connectivity index (χ1) is 10.3. The third-order valence-corrected chi connectivity index (χ3v) is 6.33. The zero-order valence-corrected chi connectivity index (χ0v) is 14.1. The van der Waals surface area contributed by atoms with Crippen molar-refractivity contribution < 1.29 is 17.5 Å². The highest BCUT2D eigenvalue weighted by atomic mass is 32.2. The number of hydrogen-bond donors (Lipinski definition) is 1. The fraction of sp³-hybridized carbons (Fsp3) is 0.625. The molecule has 1 aliphatic rings. The van der Waals surface area contributed by atoms with Crippen molar-refractivity contribution in [1.29, 1.82) is 0 Å². The zero-order valence-electron chi connectivity index (χ0n) is 13.3. The summed E-state index contributed by atoms with van der Waals surface area (Å²) in [7, 11) is -1.81. The average Bonchev–Trinajstić information content (AvgIpc) is 2.48. The van der Waals surface area contributed by atoms with Gasteiger partial charge in [-0.3, -0.25) is 0 Å². The van der Waals surface area contributed by atoms with Crippen LogP contribution in [-0.2, 0) is 20.4 Å². The molecule has 4 nitrogen and oxygen atoms in total. The van der Waals surface area contributed by atoms with Crippen molar-refractivity contribution in [1.82, 2.24) is 4.72 Å². The molecule has 2 atom stereocenters. The van der Waals surface area contributed by atoms with Gasteiger partial charge in [-0.15, -0.1) is 0 Å². The SMILES string of the molecule is COC1(c2ccc(F)cc2)CCCCC1NS(=O)(=O)C(C)C. The summed E-state index contributed by atoms with van der Waals surface area (Å²) in [6.45, 7) is 3.30. The smallest absolute Gasteiger partial charge is 0.214 e. The molecule has 0 aliphatic heterocycles. The van der Waals surface area contributed by atoms with E-state index >= 15 is 0 Å². The third kappa shape index (κ3) is 3.34. The normalized spacial score (nSPS) is 26.3. The Kier molecular flexibility index (Phi) is 5.25. The molecule has 124 valence electrons. The third-order valence-electron chi connectivity index (χ3n) is 4.48. The summed E-state index contributed by atoms with van der Waals surface area (Å²) in [6, 6.07) is 5.79. The maximum atomic E-state index is 13.2. The molecule has 22 heavy (non-hydrogen) atoms. The Bertz CT molecular complexity index is 600. The van der Waals surface area contributed by atoms with Gasteiger partial charge < -0.3 is 4.74 Å². The summed E-state index contributed by atoms with van der Waals surface area (Å²) in [6.07, 6.45) is 3.31. The predicted octanol–water partition coefficient (Wildman–Crippen LogP) is 2.94. The maximum absolute atomic E-state index is 13.2. The van der Waals surface area contributed by atoms with E-state index in [2.05, 4.69) is 4.72 Å². The van der Waals surface area contributed by atoms with E-state index in [-0.39, 0.29) is 11.9 Å². The van der Waals surface area contributed by atoms with Crippen molar-refractivity contribution in [2.75, 3.05) is 7.11 Å².